The molecule has 5 nitrogen and oxygen atoms in total. The Hall–Kier alpha value is -2.04. The SMILES string of the molecule is CCOc1ccc(OCC)c(NC(=O)C2CC3CCCC(C2)C3=O)c1. The molecule has 0 radical (unpaired) electrons. The minimum atomic E-state index is -0.0989. The molecule has 3 rings (SSSR count). The van der Waals surface area contributed by atoms with Gasteiger partial charge in [-0.25, -0.2) is 0 Å². The Labute approximate surface area is 149 Å². The summed E-state index contributed by atoms with van der Waals surface area (Å²) in [7, 11) is 0. The first-order valence-electron chi connectivity index (χ1n) is 9.36. The first-order valence-corrected chi connectivity index (χ1v) is 9.36. The van der Waals surface area contributed by atoms with E-state index in [1.165, 1.54) is 0 Å². The molecule has 0 heterocycles. The molecule has 1 aromatic rings. The molecule has 2 saturated carbocycles. The summed E-state index contributed by atoms with van der Waals surface area (Å²) in [6.07, 6.45) is 4.33. The van der Waals surface area contributed by atoms with Gasteiger partial charge in [-0.1, -0.05) is 6.42 Å². The number of Topliss-reactive ketones (excluding diaryl/α,β-unsaturated/α-hetero) is 1. The number of anilines is 1. The van der Waals surface area contributed by atoms with Crippen LogP contribution < -0.4 is 14.8 Å². The molecule has 2 atom stereocenters. The van der Waals surface area contributed by atoms with Crippen LogP contribution in [0.2, 0.25) is 0 Å². The third-order valence-corrected chi connectivity index (χ3v) is 5.24. The summed E-state index contributed by atoms with van der Waals surface area (Å²) in [5.74, 6) is 1.76. The Bertz CT molecular complexity index is 627. The molecule has 0 spiro atoms. The fourth-order valence-corrected chi connectivity index (χ4v) is 4.07. The highest BCUT2D eigenvalue weighted by molar-refractivity contribution is 5.96. The van der Waals surface area contributed by atoms with E-state index in [1.54, 1.807) is 6.07 Å². The summed E-state index contributed by atoms with van der Waals surface area (Å²) in [6, 6.07) is 5.47. The Morgan fingerprint density at radius 2 is 1.80 bits per heavy atom. The molecule has 1 aromatic carbocycles. The third kappa shape index (κ3) is 3.97. The van der Waals surface area contributed by atoms with E-state index in [1.807, 2.05) is 26.0 Å². The quantitative estimate of drug-likeness (QED) is 0.851. The van der Waals surface area contributed by atoms with Crippen LogP contribution in [0.15, 0.2) is 18.2 Å². The van der Waals surface area contributed by atoms with Gasteiger partial charge in [0.2, 0.25) is 5.91 Å². The van der Waals surface area contributed by atoms with Gasteiger partial charge in [0.15, 0.2) is 0 Å². The highest BCUT2D eigenvalue weighted by atomic mass is 16.5. The fraction of sp³-hybridized carbons (Fsp3) is 0.600. The number of hydrogen-bond acceptors (Lipinski definition) is 4. The van der Waals surface area contributed by atoms with Gasteiger partial charge in [0, 0.05) is 23.8 Å². The lowest BCUT2D eigenvalue weighted by Crippen LogP contribution is -2.40. The van der Waals surface area contributed by atoms with Crippen molar-refractivity contribution in [1.29, 1.82) is 0 Å². The topological polar surface area (TPSA) is 64.6 Å². The second-order valence-corrected chi connectivity index (χ2v) is 6.91. The van der Waals surface area contributed by atoms with Crippen molar-refractivity contribution >= 4 is 17.4 Å². The summed E-state index contributed by atoms with van der Waals surface area (Å²) in [5, 5.41) is 3.01. The van der Waals surface area contributed by atoms with Crippen molar-refractivity contribution in [2.24, 2.45) is 17.8 Å². The van der Waals surface area contributed by atoms with Crippen LogP contribution in [0.4, 0.5) is 5.69 Å². The molecule has 136 valence electrons. The summed E-state index contributed by atoms with van der Waals surface area (Å²) < 4.78 is 11.2. The zero-order valence-corrected chi connectivity index (χ0v) is 15.0. The van der Waals surface area contributed by atoms with E-state index in [9.17, 15) is 9.59 Å². The maximum atomic E-state index is 12.8. The number of rotatable bonds is 6. The van der Waals surface area contributed by atoms with Crippen LogP contribution in [0.5, 0.6) is 11.5 Å². The van der Waals surface area contributed by atoms with Crippen molar-refractivity contribution in [3.63, 3.8) is 0 Å². The summed E-state index contributed by atoms with van der Waals surface area (Å²) in [4.78, 5) is 25.0. The van der Waals surface area contributed by atoms with Crippen LogP contribution in [0, 0.1) is 17.8 Å². The van der Waals surface area contributed by atoms with Crippen molar-refractivity contribution in [1.82, 2.24) is 0 Å². The first-order chi connectivity index (χ1) is 12.1. The minimum absolute atomic E-state index is 0.0148. The molecule has 2 aliphatic carbocycles. The van der Waals surface area contributed by atoms with Crippen molar-refractivity contribution in [3.05, 3.63) is 18.2 Å². The number of ketones is 1. The smallest absolute Gasteiger partial charge is 0.227 e. The van der Waals surface area contributed by atoms with E-state index in [0.717, 1.165) is 19.3 Å². The molecule has 2 bridgehead atoms. The second kappa shape index (κ2) is 7.89. The normalized spacial score (nSPS) is 25.4. The van der Waals surface area contributed by atoms with E-state index < -0.39 is 0 Å². The molecular weight excluding hydrogens is 318 g/mol. The second-order valence-electron chi connectivity index (χ2n) is 6.91. The number of carbonyl (C=O) groups excluding carboxylic acids is 2. The van der Waals surface area contributed by atoms with Gasteiger partial charge in [0.1, 0.15) is 17.3 Å². The largest absolute Gasteiger partial charge is 0.494 e. The van der Waals surface area contributed by atoms with E-state index >= 15 is 0 Å². The highest BCUT2D eigenvalue weighted by Gasteiger charge is 2.41. The van der Waals surface area contributed by atoms with Gasteiger partial charge in [-0.2, -0.15) is 0 Å². The van der Waals surface area contributed by atoms with Crippen molar-refractivity contribution in [2.75, 3.05) is 18.5 Å². The fourth-order valence-electron chi connectivity index (χ4n) is 4.07. The monoisotopic (exact) mass is 345 g/mol. The average molecular weight is 345 g/mol. The number of amides is 1. The predicted octanol–water partition coefficient (Wildman–Crippen LogP) is 3.82. The molecule has 2 fully saturated rings. The average Bonchev–Trinajstić information content (AvgIpc) is 2.57. The van der Waals surface area contributed by atoms with Gasteiger partial charge in [0.05, 0.1) is 18.9 Å². The van der Waals surface area contributed by atoms with E-state index in [-0.39, 0.29) is 23.7 Å². The predicted molar refractivity (Wildman–Crippen MR) is 96.0 cm³/mol. The Kier molecular flexibility index (Phi) is 5.61. The molecule has 0 aliphatic heterocycles. The third-order valence-electron chi connectivity index (χ3n) is 5.24. The summed E-state index contributed by atoms with van der Waals surface area (Å²) in [6.45, 7) is 4.93. The maximum Gasteiger partial charge on any atom is 0.227 e. The standard InChI is InChI=1S/C20H27NO4/c1-3-24-16-8-9-18(25-4-2)17(12-16)21-20(23)15-10-13-6-5-7-14(11-15)19(13)22/h8-9,12-15H,3-7,10-11H2,1-2H3,(H,21,23). The van der Waals surface area contributed by atoms with Gasteiger partial charge in [-0.15, -0.1) is 0 Å². The number of nitrogens with one attached hydrogen (secondary N) is 1. The van der Waals surface area contributed by atoms with E-state index in [0.29, 0.717) is 49.0 Å². The first kappa shape index (κ1) is 17.8. The van der Waals surface area contributed by atoms with Gasteiger partial charge in [0.25, 0.3) is 0 Å². The molecule has 5 heteroatoms. The van der Waals surface area contributed by atoms with Gasteiger partial charge in [-0.05, 0) is 51.7 Å². The Balaban J connectivity index is 1.73. The molecule has 1 N–H and O–H groups in total. The zero-order chi connectivity index (χ0) is 17.8. The van der Waals surface area contributed by atoms with Crippen LogP contribution in [0.1, 0.15) is 46.0 Å². The number of benzene rings is 1. The number of carbonyl (C=O) groups is 2. The lowest BCUT2D eigenvalue weighted by molar-refractivity contribution is -0.136. The minimum Gasteiger partial charge on any atom is -0.494 e. The van der Waals surface area contributed by atoms with Crippen LogP contribution in [-0.2, 0) is 9.59 Å². The van der Waals surface area contributed by atoms with E-state index in [4.69, 9.17) is 9.47 Å². The van der Waals surface area contributed by atoms with Gasteiger partial charge >= 0.3 is 0 Å². The molecule has 2 aliphatic rings. The molecule has 1 amide bonds. The van der Waals surface area contributed by atoms with Crippen molar-refractivity contribution in [2.45, 2.75) is 46.0 Å². The van der Waals surface area contributed by atoms with Crippen LogP contribution in [0.3, 0.4) is 0 Å². The molecule has 25 heavy (non-hydrogen) atoms. The summed E-state index contributed by atoms with van der Waals surface area (Å²) >= 11 is 0. The molecule has 0 saturated heterocycles. The van der Waals surface area contributed by atoms with E-state index in [2.05, 4.69) is 5.32 Å². The zero-order valence-electron chi connectivity index (χ0n) is 15.0. The molecular formula is C20H27NO4. The molecule has 2 unspecified atom stereocenters. The lowest BCUT2D eigenvalue weighted by Gasteiger charge is -2.37. The summed E-state index contributed by atoms with van der Waals surface area (Å²) in [5.41, 5.74) is 0.639. The van der Waals surface area contributed by atoms with Crippen molar-refractivity contribution < 1.29 is 19.1 Å². The van der Waals surface area contributed by atoms with Gasteiger partial charge < -0.3 is 14.8 Å². The Morgan fingerprint density at radius 3 is 2.44 bits per heavy atom. The van der Waals surface area contributed by atoms with Crippen LogP contribution >= 0.6 is 0 Å². The molecule has 0 aromatic heterocycles. The lowest BCUT2D eigenvalue weighted by atomic mass is 9.67. The van der Waals surface area contributed by atoms with Gasteiger partial charge in [-0.3, -0.25) is 9.59 Å². The van der Waals surface area contributed by atoms with Crippen LogP contribution in [0.25, 0.3) is 0 Å². The Morgan fingerprint density at radius 1 is 1.12 bits per heavy atom. The number of ether oxygens (including phenoxy) is 2. The number of fused-ring (bicyclic) bond motifs is 2. The number of hydrogen-bond donors (Lipinski definition) is 1. The van der Waals surface area contributed by atoms with Crippen LogP contribution in [-0.4, -0.2) is 24.9 Å². The van der Waals surface area contributed by atoms with Crippen molar-refractivity contribution in [3.8, 4) is 11.5 Å². The highest BCUT2D eigenvalue weighted by Crippen LogP contribution is 2.41. The maximum absolute atomic E-state index is 12.8.